The van der Waals surface area contributed by atoms with Crippen LogP contribution in [-0.4, -0.2) is 50.7 Å². The Labute approximate surface area is 250 Å². The molecule has 9 nitrogen and oxygen atoms in total. The van der Waals surface area contributed by atoms with Gasteiger partial charge in [0.25, 0.3) is 0 Å². The molecule has 2 aromatic carbocycles. The van der Waals surface area contributed by atoms with Crippen LogP contribution in [0.25, 0.3) is 16.5 Å². The maximum Gasteiger partial charge on any atom is 0.220 e. The van der Waals surface area contributed by atoms with Crippen molar-refractivity contribution in [3.05, 3.63) is 67.2 Å². The normalized spacial score (nSPS) is 19.4. The molecule has 0 saturated carbocycles. The molecule has 214 valence electrons. The minimum Gasteiger partial charge on any atom is -0.493 e. The number of hydrogen-bond donors (Lipinski definition) is 2. The van der Waals surface area contributed by atoms with Gasteiger partial charge in [0.1, 0.15) is 0 Å². The van der Waals surface area contributed by atoms with E-state index in [0.717, 1.165) is 46.6 Å². The van der Waals surface area contributed by atoms with Crippen molar-refractivity contribution in [1.29, 1.82) is 0 Å². The number of rotatable bonds is 12. The van der Waals surface area contributed by atoms with E-state index >= 15 is 0 Å². The lowest BCUT2D eigenvalue weighted by molar-refractivity contribution is -0.121. The second kappa shape index (κ2) is 14.1. The number of azide groups is 1. The average Bonchev–Trinajstić information content (AvgIpc) is 2.94. The Morgan fingerprint density at radius 2 is 1.98 bits per heavy atom. The summed E-state index contributed by atoms with van der Waals surface area (Å²) in [7, 11) is 3.35. The van der Waals surface area contributed by atoms with Gasteiger partial charge in [0.2, 0.25) is 5.91 Å². The van der Waals surface area contributed by atoms with Crippen molar-refractivity contribution in [1.82, 2.24) is 15.5 Å². The topological polar surface area (TPSA) is 112 Å². The Bertz CT molecular complexity index is 1280. The second-order valence-electron chi connectivity index (χ2n) is 10.9. The van der Waals surface area contributed by atoms with Crippen LogP contribution in [0.2, 0.25) is 0 Å². The number of carbonyl (C=O) groups is 1. The number of carbonyl (C=O) groups excluding carboxylic acids is 1. The molecule has 1 amide bonds. The van der Waals surface area contributed by atoms with E-state index in [0.29, 0.717) is 43.0 Å². The number of piperidine rings is 1. The molecule has 0 aliphatic carbocycles. The van der Waals surface area contributed by atoms with Gasteiger partial charge >= 0.3 is 0 Å². The first kappa shape index (κ1) is 30.0. The van der Waals surface area contributed by atoms with Gasteiger partial charge in [-0.05, 0) is 100 Å². The summed E-state index contributed by atoms with van der Waals surface area (Å²) in [4.78, 5) is 17.8. The lowest BCUT2D eigenvalue weighted by Crippen LogP contribution is -2.51. The highest BCUT2D eigenvalue weighted by Gasteiger charge is 2.37. The highest BCUT2D eigenvalue weighted by molar-refractivity contribution is 14.1. The van der Waals surface area contributed by atoms with Crippen LogP contribution < -0.4 is 20.1 Å². The molecule has 2 N–H and O–H groups in total. The van der Waals surface area contributed by atoms with Gasteiger partial charge in [-0.1, -0.05) is 31.1 Å². The summed E-state index contributed by atoms with van der Waals surface area (Å²) in [5, 5.41) is 10.5. The van der Waals surface area contributed by atoms with E-state index in [9.17, 15) is 4.79 Å². The standard InChI is InChI=1S/C30H39IN6O3/c1-19(2)13-22-18-37-12-9-21-15-28(39-3)29(40-4)16-23(21)27(37)17-26(22)33-10-11-34-30(38)8-6-20-5-7-25(35-36-32)24(31)14-20/h5,7,9,12,14-16,19,22,26-27,33H,6,8,10-11,13,17-18H2,1-4H3,(H,34,38)/t22-,26-,27?/m1/s1. The fourth-order valence-electron chi connectivity index (χ4n) is 5.82. The first-order valence-electron chi connectivity index (χ1n) is 13.9. The fraction of sp³-hybridized carbons (Fsp3) is 0.500. The third-order valence-corrected chi connectivity index (χ3v) is 8.58. The van der Waals surface area contributed by atoms with Crippen LogP contribution >= 0.6 is 22.6 Å². The highest BCUT2D eigenvalue weighted by atomic mass is 127. The summed E-state index contributed by atoms with van der Waals surface area (Å²) in [5.74, 6) is 2.68. The van der Waals surface area contributed by atoms with Crippen molar-refractivity contribution in [3.8, 4) is 11.5 Å². The van der Waals surface area contributed by atoms with E-state index in [2.05, 4.69) is 86.4 Å². The highest BCUT2D eigenvalue weighted by Crippen LogP contribution is 2.44. The number of fused-ring (bicyclic) bond motifs is 3. The Morgan fingerprint density at radius 1 is 1.20 bits per heavy atom. The smallest absolute Gasteiger partial charge is 0.220 e. The van der Waals surface area contributed by atoms with Gasteiger partial charge in [-0.25, -0.2) is 0 Å². The number of hydrogen-bond acceptors (Lipinski definition) is 6. The zero-order valence-electron chi connectivity index (χ0n) is 23.7. The molecule has 40 heavy (non-hydrogen) atoms. The summed E-state index contributed by atoms with van der Waals surface area (Å²) >= 11 is 2.15. The molecule has 0 aromatic heterocycles. The van der Waals surface area contributed by atoms with Crippen molar-refractivity contribution < 1.29 is 14.3 Å². The molecule has 0 spiro atoms. The minimum atomic E-state index is 0.0388. The number of halogens is 1. The van der Waals surface area contributed by atoms with Crippen LogP contribution in [0.3, 0.4) is 0 Å². The largest absolute Gasteiger partial charge is 0.493 e. The maximum atomic E-state index is 12.5. The Balaban J connectivity index is 1.33. The number of nitrogens with one attached hydrogen (secondary N) is 2. The zero-order chi connectivity index (χ0) is 28.6. The average molecular weight is 659 g/mol. The summed E-state index contributed by atoms with van der Waals surface area (Å²) in [6.45, 7) is 6.88. The molecule has 1 fully saturated rings. The van der Waals surface area contributed by atoms with Crippen LogP contribution in [0.15, 0.2) is 41.6 Å². The van der Waals surface area contributed by atoms with Crippen LogP contribution in [0, 0.1) is 15.4 Å². The van der Waals surface area contributed by atoms with Crippen molar-refractivity contribution in [3.63, 3.8) is 0 Å². The van der Waals surface area contributed by atoms with E-state index in [4.69, 9.17) is 15.0 Å². The molecule has 2 aliphatic rings. The first-order valence-corrected chi connectivity index (χ1v) is 14.9. The molecule has 4 rings (SSSR count). The summed E-state index contributed by atoms with van der Waals surface area (Å²) in [6, 6.07) is 10.5. The van der Waals surface area contributed by atoms with Crippen LogP contribution in [0.1, 0.15) is 55.8 Å². The van der Waals surface area contributed by atoms with Crippen LogP contribution in [-0.2, 0) is 11.2 Å². The fourth-order valence-corrected chi connectivity index (χ4v) is 6.51. The quantitative estimate of drug-likeness (QED) is 0.0908. The Kier molecular flexibility index (Phi) is 10.6. The van der Waals surface area contributed by atoms with Gasteiger partial charge in [0.15, 0.2) is 11.5 Å². The molecule has 0 radical (unpaired) electrons. The molecule has 0 bridgehead atoms. The third-order valence-electron chi connectivity index (χ3n) is 7.72. The summed E-state index contributed by atoms with van der Waals surface area (Å²) in [6.07, 6.45) is 7.61. The number of ether oxygens (including phenoxy) is 2. The van der Waals surface area contributed by atoms with Gasteiger partial charge in [0, 0.05) is 46.8 Å². The van der Waals surface area contributed by atoms with E-state index in [1.54, 1.807) is 20.3 Å². The van der Waals surface area contributed by atoms with Crippen molar-refractivity contribution in [2.24, 2.45) is 17.0 Å². The number of amides is 1. The van der Waals surface area contributed by atoms with E-state index in [1.807, 2.05) is 12.1 Å². The van der Waals surface area contributed by atoms with Crippen molar-refractivity contribution in [2.75, 3.05) is 33.9 Å². The van der Waals surface area contributed by atoms with Crippen LogP contribution in [0.4, 0.5) is 5.69 Å². The SMILES string of the molecule is COc1cc2c(cc1OC)C1C[C@@H](NCCNC(=O)CCc3ccc(N=[N+]=[N-])c(I)c3)[C@H](CC(C)C)CN1C=C2. The summed E-state index contributed by atoms with van der Waals surface area (Å²) < 4.78 is 12.0. The number of benzene rings is 2. The van der Waals surface area contributed by atoms with E-state index in [1.165, 1.54) is 11.1 Å². The molecule has 10 heteroatoms. The second-order valence-corrected chi connectivity index (χ2v) is 12.0. The van der Waals surface area contributed by atoms with Gasteiger partial charge in [0.05, 0.1) is 25.9 Å². The minimum absolute atomic E-state index is 0.0388. The van der Waals surface area contributed by atoms with Gasteiger partial charge in [-0.3, -0.25) is 4.79 Å². The third kappa shape index (κ3) is 7.41. The van der Waals surface area contributed by atoms with Crippen molar-refractivity contribution >= 4 is 40.3 Å². The Morgan fingerprint density at radius 3 is 2.67 bits per heavy atom. The number of nitrogens with zero attached hydrogens (tertiary/aromatic N) is 4. The Hall–Kier alpha value is -2.95. The molecule has 2 aromatic rings. The lowest BCUT2D eigenvalue weighted by atomic mass is 9.79. The lowest BCUT2D eigenvalue weighted by Gasteiger charge is -2.47. The first-order chi connectivity index (χ1) is 19.3. The molecule has 1 saturated heterocycles. The van der Waals surface area contributed by atoms with E-state index in [-0.39, 0.29) is 11.9 Å². The predicted molar refractivity (Wildman–Crippen MR) is 167 cm³/mol. The number of aryl methyl sites for hydroxylation is 1. The maximum absolute atomic E-state index is 12.5. The van der Waals surface area contributed by atoms with Crippen LogP contribution in [0.5, 0.6) is 11.5 Å². The van der Waals surface area contributed by atoms with Gasteiger partial charge < -0.3 is 25.0 Å². The molecular weight excluding hydrogens is 619 g/mol. The van der Waals surface area contributed by atoms with E-state index < -0.39 is 0 Å². The molecule has 3 atom stereocenters. The van der Waals surface area contributed by atoms with Gasteiger partial charge in [-0.2, -0.15) is 0 Å². The molecule has 1 unspecified atom stereocenters. The zero-order valence-corrected chi connectivity index (χ0v) is 25.8. The summed E-state index contributed by atoms with van der Waals surface area (Å²) in [5.41, 5.74) is 12.7. The molecular formula is C30H39IN6O3. The monoisotopic (exact) mass is 658 g/mol. The molecule has 2 aliphatic heterocycles. The van der Waals surface area contributed by atoms with Gasteiger partial charge in [-0.15, -0.1) is 0 Å². The van der Waals surface area contributed by atoms with Crippen molar-refractivity contribution in [2.45, 2.75) is 51.6 Å². The predicted octanol–water partition coefficient (Wildman–Crippen LogP) is 6.35. The molecule has 2 heterocycles. The number of methoxy groups -OCH3 is 2.